The van der Waals surface area contributed by atoms with Gasteiger partial charge in [-0.25, -0.2) is 0 Å². The van der Waals surface area contributed by atoms with E-state index in [2.05, 4.69) is 90.8 Å². The van der Waals surface area contributed by atoms with Crippen LogP contribution in [0, 0.1) is 0 Å². The van der Waals surface area contributed by atoms with Gasteiger partial charge in [-0.1, -0.05) is 24.3 Å². The van der Waals surface area contributed by atoms with E-state index in [9.17, 15) is 0 Å². The molecule has 0 aliphatic carbocycles. The van der Waals surface area contributed by atoms with Crippen molar-refractivity contribution in [2.24, 2.45) is 0 Å². The largest absolute Gasteiger partial charge is 0.488 e. The molecule has 4 nitrogen and oxygen atoms in total. The highest BCUT2D eigenvalue weighted by Gasteiger charge is 2.07. The maximum atomic E-state index is 5.84. The van der Waals surface area contributed by atoms with Gasteiger partial charge in [0.05, 0.1) is 42.3 Å². The van der Waals surface area contributed by atoms with Crippen LogP contribution in [0.4, 0.5) is 0 Å². The predicted molar refractivity (Wildman–Crippen MR) is 122 cm³/mol. The second kappa shape index (κ2) is 10.7. The van der Waals surface area contributed by atoms with E-state index in [0.29, 0.717) is 0 Å². The molecule has 0 saturated heterocycles. The zero-order valence-corrected chi connectivity index (χ0v) is 19.3. The van der Waals surface area contributed by atoms with Crippen LogP contribution in [0.3, 0.4) is 0 Å². The number of aryl methyl sites for hydroxylation is 2. The highest BCUT2D eigenvalue weighted by molar-refractivity contribution is 5.29. The van der Waals surface area contributed by atoms with Gasteiger partial charge in [0, 0.05) is 0 Å². The molecule has 0 unspecified atom stereocenters. The molecule has 2 aromatic carbocycles. The number of benzene rings is 2. The van der Waals surface area contributed by atoms with Crippen LogP contribution in [0.5, 0.6) is 11.5 Å². The number of rotatable bonds is 12. The normalized spacial score (nSPS) is 12.1. The average Bonchev–Trinajstić information content (AvgIpc) is 2.62. The van der Waals surface area contributed by atoms with Gasteiger partial charge in [-0.15, -0.1) is 0 Å². The molecule has 0 aliphatic rings. The summed E-state index contributed by atoms with van der Waals surface area (Å²) in [7, 11) is 13.1. The van der Waals surface area contributed by atoms with Crippen LogP contribution < -0.4 is 9.47 Å². The van der Waals surface area contributed by atoms with Crippen LogP contribution >= 0.6 is 0 Å². The van der Waals surface area contributed by atoms with Gasteiger partial charge in [-0.2, -0.15) is 0 Å². The molecular formula is C25H40N2O2+2. The number of hydrogen-bond donors (Lipinski definition) is 0. The van der Waals surface area contributed by atoms with E-state index in [1.807, 2.05) is 0 Å². The molecule has 0 aromatic heterocycles. The van der Waals surface area contributed by atoms with E-state index in [-0.39, 0.29) is 0 Å². The SMILES string of the molecule is C[N+](C)(C)CCOc1ccc(CCCc2ccc(OCC[N+](C)(C)C)cc2)cc1. The Morgan fingerprint density at radius 1 is 0.552 bits per heavy atom. The Bertz CT molecular complexity index is 647. The predicted octanol–water partition coefficient (Wildman–Crippen LogP) is 4.03. The molecule has 0 heterocycles. The van der Waals surface area contributed by atoms with Crippen LogP contribution in [0.15, 0.2) is 48.5 Å². The summed E-state index contributed by atoms with van der Waals surface area (Å²) >= 11 is 0. The van der Waals surface area contributed by atoms with Gasteiger partial charge in [0.1, 0.15) is 37.8 Å². The Labute approximate surface area is 177 Å². The molecule has 0 saturated carbocycles. The highest BCUT2D eigenvalue weighted by atomic mass is 16.5. The lowest BCUT2D eigenvalue weighted by Gasteiger charge is -2.23. The van der Waals surface area contributed by atoms with Crippen molar-refractivity contribution in [3.05, 3.63) is 59.7 Å². The summed E-state index contributed by atoms with van der Waals surface area (Å²) < 4.78 is 13.5. The molecule has 0 N–H and O–H groups in total. The Morgan fingerprint density at radius 2 is 0.897 bits per heavy atom. The van der Waals surface area contributed by atoms with Crippen molar-refractivity contribution in [2.75, 3.05) is 68.6 Å². The maximum Gasteiger partial charge on any atom is 0.137 e. The minimum absolute atomic E-state index is 0.748. The fraction of sp³-hybridized carbons (Fsp3) is 0.520. The van der Waals surface area contributed by atoms with Crippen molar-refractivity contribution in [2.45, 2.75) is 19.3 Å². The van der Waals surface area contributed by atoms with Crippen LogP contribution in [0.2, 0.25) is 0 Å². The number of ether oxygens (including phenoxy) is 2. The molecule has 4 heteroatoms. The van der Waals surface area contributed by atoms with Gasteiger partial charge in [0.2, 0.25) is 0 Å². The third kappa shape index (κ3) is 10.3. The smallest absolute Gasteiger partial charge is 0.137 e. The van der Waals surface area contributed by atoms with Crippen LogP contribution in [-0.4, -0.2) is 77.6 Å². The number of nitrogens with zero attached hydrogens (tertiary/aromatic N) is 2. The van der Waals surface area contributed by atoms with Crippen LogP contribution in [0.25, 0.3) is 0 Å². The molecule has 2 rings (SSSR count). The lowest BCUT2D eigenvalue weighted by Crippen LogP contribution is -2.38. The van der Waals surface area contributed by atoms with E-state index < -0.39 is 0 Å². The van der Waals surface area contributed by atoms with Crippen molar-refractivity contribution < 1.29 is 18.4 Å². The Morgan fingerprint density at radius 3 is 1.21 bits per heavy atom. The van der Waals surface area contributed by atoms with Gasteiger partial charge in [0.15, 0.2) is 0 Å². The fourth-order valence-corrected chi connectivity index (χ4v) is 2.88. The van der Waals surface area contributed by atoms with E-state index in [1.165, 1.54) is 11.1 Å². The number of quaternary nitrogens is 2. The first-order valence-corrected chi connectivity index (χ1v) is 10.7. The molecule has 0 bridgehead atoms. The monoisotopic (exact) mass is 400 g/mol. The van der Waals surface area contributed by atoms with E-state index in [1.54, 1.807) is 0 Å². The summed E-state index contributed by atoms with van der Waals surface area (Å²) in [6.07, 6.45) is 3.31. The zero-order chi connectivity index (χ0) is 21.3. The molecule has 160 valence electrons. The summed E-state index contributed by atoms with van der Waals surface area (Å²) in [5, 5.41) is 0. The van der Waals surface area contributed by atoms with Gasteiger partial charge in [-0.3, -0.25) is 0 Å². The highest BCUT2D eigenvalue weighted by Crippen LogP contribution is 2.17. The van der Waals surface area contributed by atoms with E-state index in [4.69, 9.17) is 9.47 Å². The minimum atomic E-state index is 0.748. The molecule has 0 spiro atoms. The van der Waals surface area contributed by atoms with Crippen molar-refractivity contribution in [1.29, 1.82) is 0 Å². The second-order valence-electron chi connectivity index (χ2n) is 9.87. The van der Waals surface area contributed by atoms with Gasteiger partial charge in [0.25, 0.3) is 0 Å². The molecule has 2 aromatic rings. The quantitative estimate of drug-likeness (QED) is 0.501. The zero-order valence-electron chi connectivity index (χ0n) is 19.3. The van der Waals surface area contributed by atoms with Crippen LogP contribution in [-0.2, 0) is 12.8 Å². The molecule has 0 radical (unpaired) electrons. The maximum absolute atomic E-state index is 5.84. The topological polar surface area (TPSA) is 18.5 Å². The first-order valence-electron chi connectivity index (χ1n) is 10.7. The van der Waals surface area contributed by atoms with E-state index in [0.717, 1.165) is 66.0 Å². The van der Waals surface area contributed by atoms with Crippen LogP contribution in [0.1, 0.15) is 17.5 Å². The number of likely N-dealkylation sites (N-methyl/N-ethyl adjacent to an activating group) is 2. The fourth-order valence-electron chi connectivity index (χ4n) is 2.88. The summed E-state index contributed by atoms with van der Waals surface area (Å²) in [6.45, 7) is 3.50. The number of hydrogen-bond acceptors (Lipinski definition) is 2. The summed E-state index contributed by atoms with van der Waals surface area (Å²) in [6, 6.07) is 17.1. The summed E-state index contributed by atoms with van der Waals surface area (Å²) in [5.41, 5.74) is 2.73. The Hall–Kier alpha value is -2.04. The van der Waals surface area contributed by atoms with Crippen molar-refractivity contribution in [1.82, 2.24) is 0 Å². The molecule has 0 aliphatic heterocycles. The second-order valence-corrected chi connectivity index (χ2v) is 9.87. The molecular weight excluding hydrogens is 360 g/mol. The van der Waals surface area contributed by atoms with Crippen molar-refractivity contribution in [3.63, 3.8) is 0 Å². The van der Waals surface area contributed by atoms with Crippen molar-refractivity contribution >= 4 is 0 Å². The van der Waals surface area contributed by atoms with Crippen molar-refractivity contribution in [3.8, 4) is 11.5 Å². The summed E-state index contributed by atoms with van der Waals surface area (Å²) in [4.78, 5) is 0. The molecule has 29 heavy (non-hydrogen) atoms. The lowest BCUT2D eigenvalue weighted by atomic mass is 10.0. The minimum Gasteiger partial charge on any atom is -0.488 e. The Kier molecular flexibility index (Phi) is 8.54. The molecule has 0 fully saturated rings. The summed E-state index contributed by atoms with van der Waals surface area (Å²) in [5.74, 6) is 1.92. The van der Waals surface area contributed by atoms with Gasteiger partial charge in [-0.05, 0) is 54.7 Å². The standard InChI is InChI=1S/C25H40N2O2/c1-26(2,3)18-20-28-24-14-10-22(11-15-24)8-7-9-23-12-16-25(17-13-23)29-21-19-27(4,5)6/h10-17H,7-9,18-21H2,1-6H3/q+2. The lowest BCUT2D eigenvalue weighted by molar-refractivity contribution is -0.870. The van der Waals surface area contributed by atoms with Gasteiger partial charge >= 0.3 is 0 Å². The average molecular weight is 401 g/mol. The molecule has 0 amide bonds. The van der Waals surface area contributed by atoms with E-state index >= 15 is 0 Å². The first-order chi connectivity index (χ1) is 13.6. The Balaban J connectivity index is 1.68. The first kappa shape index (κ1) is 23.2. The molecule has 0 atom stereocenters. The third-order valence-corrected chi connectivity index (χ3v) is 4.84. The van der Waals surface area contributed by atoms with Gasteiger partial charge < -0.3 is 18.4 Å². The third-order valence-electron chi connectivity index (χ3n) is 4.84.